The molecular formula is C12H13FN2O2. The van der Waals surface area contributed by atoms with Crippen LogP contribution < -0.4 is 0 Å². The fraction of sp³-hybridized carbons (Fsp3) is 0.333. The Morgan fingerprint density at radius 1 is 1.47 bits per heavy atom. The number of imidazole rings is 1. The molecule has 2 aromatic rings. The quantitative estimate of drug-likeness (QED) is 0.827. The second kappa shape index (κ2) is 3.55. The van der Waals surface area contributed by atoms with Crippen LogP contribution in [0.5, 0.6) is 0 Å². The maximum absolute atomic E-state index is 13.6. The highest BCUT2D eigenvalue weighted by molar-refractivity contribution is 5.88. The largest absolute Gasteiger partial charge is 0.477 e. The summed E-state index contributed by atoms with van der Waals surface area (Å²) < 4.78 is 14.8. The molecule has 0 bridgehead atoms. The standard InChI is InChI=1S/C12H13FN2O2/c1-12(2,3)9-8(11(16)17)15-6-4-5-7(13)10(15)14-9/h4-6H,1-3H3,(H,16,17). The molecule has 17 heavy (non-hydrogen) atoms. The van der Waals surface area contributed by atoms with Gasteiger partial charge in [-0.1, -0.05) is 20.8 Å². The lowest BCUT2D eigenvalue weighted by atomic mass is 9.91. The number of aromatic nitrogens is 2. The average Bonchev–Trinajstić information content (AvgIpc) is 2.57. The van der Waals surface area contributed by atoms with Crippen molar-refractivity contribution in [3.8, 4) is 0 Å². The lowest BCUT2D eigenvalue weighted by Gasteiger charge is -2.16. The summed E-state index contributed by atoms with van der Waals surface area (Å²) >= 11 is 0. The van der Waals surface area contributed by atoms with Crippen LogP contribution in [0, 0.1) is 5.82 Å². The third kappa shape index (κ3) is 1.77. The summed E-state index contributed by atoms with van der Waals surface area (Å²) in [6.45, 7) is 5.54. The van der Waals surface area contributed by atoms with Crippen molar-refractivity contribution in [2.24, 2.45) is 0 Å². The Balaban J connectivity index is 2.90. The molecule has 0 fully saturated rings. The SMILES string of the molecule is CC(C)(C)c1nc2c(F)cccn2c1C(=O)O. The Kier molecular flexibility index (Phi) is 2.41. The van der Waals surface area contributed by atoms with Gasteiger partial charge in [0.15, 0.2) is 17.2 Å². The van der Waals surface area contributed by atoms with E-state index in [0.717, 1.165) is 0 Å². The molecule has 5 heteroatoms. The molecule has 0 aromatic carbocycles. The molecule has 0 aliphatic carbocycles. The number of carboxylic acids is 1. The Morgan fingerprint density at radius 2 is 2.12 bits per heavy atom. The van der Waals surface area contributed by atoms with Crippen molar-refractivity contribution in [1.29, 1.82) is 0 Å². The highest BCUT2D eigenvalue weighted by Gasteiger charge is 2.28. The highest BCUT2D eigenvalue weighted by Crippen LogP contribution is 2.27. The number of carboxylic acid groups (broad SMARTS) is 1. The predicted octanol–water partition coefficient (Wildman–Crippen LogP) is 2.47. The molecular weight excluding hydrogens is 223 g/mol. The van der Waals surface area contributed by atoms with Crippen LogP contribution in [0.3, 0.4) is 0 Å². The maximum Gasteiger partial charge on any atom is 0.354 e. The van der Waals surface area contributed by atoms with Crippen molar-refractivity contribution in [1.82, 2.24) is 9.38 Å². The van der Waals surface area contributed by atoms with E-state index in [2.05, 4.69) is 4.98 Å². The minimum atomic E-state index is -1.10. The summed E-state index contributed by atoms with van der Waals surface area (Å²) in [7, 11) is 0. The van der Waals surface area contributed by atoms with Crippen LogP contribution in [0.2, 0.25) is 0 Å². The fourth-order valence-corrected chi connectivity index (χ4v) is 1.76. The van der Waals surface area contributed by atoms with Crippen molar-refractivity contribution in [2.75, 3.05) is 0 Å². The van der Waals surface area contributed by atoms with Crippen LogP contribution >= 0.6 is 0 Å². The second-order valence-electron chi connectivity index (χ2n) is 4.91. The number of fused-ring (bicyclic) bond motifs is 1. The zero-order chi connectivity index (χ0) is 12.8. The zero-order valence-electron chi connectivity index (χ0n) is 9.86. The molecule has 90 valence electrons. The van der Waals surface area contributed by atoms with Crippen molar-refractivity contribution in [3.05, 3.63) is 35.5 Å². The number of nitrogens with zero attached hydrogens (tertiary/aromatic N) is 2. The van der Waals surface area contributed by atoms with E-state index >= 15 is 0 Å². The van der Waals surface area contributed by atoms with E-state index < -0.39 is 17.2 Å². The first-order chi connectivity index (χ1) is 7.82. The van der Waals surface area contributed by atoms with Crippen LogP contribution in [-0.4, -0.2) is 20.5 Å². The van der Waals surface area contributed by atoms with E-state index in [1.807, 2.05) is 20.8 Å². The molecule has 2 aromatic heterocycles. The van der Waals surface area contributed by atoms with Crippen LogP contribution in [0.15, 0.2) is 18.3 Å². The Morgan fingerprint density at radius 3 is 2.65 bits per heavy atom. The molecule has 0 amide bonds. The molecule has 0 saturated heterocycles. The first kappa shape index (κ1) is 11.6. The van der Waals surface area contributed by atoms with Gasteiger partial charge in [0.1, 0.15) is 0 Å². The number of carbonyl (C=O) groups is 1. The summed E-state index contributed by atoms with van der Waals surface area (Å²) in [5.74, 6) is -1.63. The monoisotopic (exact) mass is 236 g/mol. The molecule has 0 atom stereocenters. The van der Waals surface area contributed by atoms with Gasteiger partial charge in [0, 0.05) is 11.6 Å². The molecule has 0 saturated carbocycles. The van der Waals surface area contributed by atoms with E-state index in [1.54, 1.807) is 0 Å². The minimum absolute atomic E-state index is 0.0204. The topological polar surface area (TPSA) is 54.6 Å². The fourth-order valence-electron chi connectivity index (χ4n) is 1.76. The molecule has 1 N–H and O–H groups in total. The summed E-state index contributed by atoms with van der Waals surface area (Å²) in [5.41, 5.74) is 0.00329. The van der Waals surface area contributed by atoms with Crippen molar-refractivity contribution in [2.45, 2.75) is 26.2 Å². The van der Waals surface area contributed by atoms with Gasteiger partial charge >= 0.3 is 5.97 Å². The molecule has 0 spiro atoms. The first-order valence-corrected chi connectivity index (χ1v) is 5.22. The number of halogens is 1. The molecule has 2 heterocycles. The Labute approximate surface area is 97.7 Å². The van der Waals surface area contributed by atoms with Gasteiger partial charge in [0.25, 0.3) is 0 Å². The second-order valence-corrected chi connectivity index (χ2v) is 4.91. The first-order valence-electron chi connectivity index (χ1n) is 5.22. The van der Waals surface area contributed by atoms with Gasteiger partial charge in [0.05, 0.1) is 5.69 Å². The molecule has 0 radical (unpaired) electrons. The minimum Gasteiger partial charge on any atom is -0.477 e. The Hall–Kier alpha value is -1.91. The van der Waals surface area contributed by atoms with Crippen molar-refractivity contribution in [3.63, 3.8) is 0 Å². The van der Waals surface area contributed by atoms with Crippen LogP contribution in [0.4, 0.5) is 4.39 Å². The molecule has 2 rings (SSSR count). The van der Waals surface area contributed by atoms with E-state index in [9.17, 15) is 14.3 Å². The van der Waals surface area contributed by atoms with E-state index in [-0.39, 0.29) is 11.3 Å². The summed E-state index contributed by atoms with van der Waals surface area (Å²) in [6, 6.07) is 2.73. The summed E-state index contributed by atoms with van der Waals surface area (Å²) in [4.78, 5) is 15.4. The molecule has 0 unspecified atom stereocenters. The molecule has 4 nitrogen and oxygen atoms in total. The van der Waals surface area contributed by atoms with Crippen LogP contribution in [0.25, 0.3) is 5.65 Å². The van der Waals surface area contributed by atoms with Gasteiger partial charge in [-0.15, -0.1) is 0 Å². The van der Waals surface area contributed by atoms with Crippen molar-refractivity contribution < 1.29 is 14.3 Å². The highest BCUT2D eigenvalue weighted by atomic mass is 19.1. The average molecular weight is 236 g/mol. The number of rotatable bonds is 1. The lowest BCUT2D eigenvalue weighted by Crippen LogP contribution is -2.17. The zero-order valence-corrected chi connectivity index (χ0v) is 9.86. The third-order valence-electron chi connectivity index (χ3n) is 2.52. The van der Waals surface area contributed by atoms with Gasteiger partial charge in [0.2, 0.25) is 0 Å². The van der Waals surface area contributed by atoms with E-state index in [1.165, 1.54) is 22.7 Å². The van der Waals surface area contributed by atoms with Gasteiger partial charge in [-0.25, -0.2) is 14.2 Å². The van der Waals surface area contributed by atoms with Gasteiger partial charge in [-0.2, -0.15) is 0 Å². The maximum atomic E-state index is 13.6. The predicted molar refractivity (Wildman–Crippen MR) is 60.8 cm³/mol. The van der Waals surface area contributed by atoms with Crippen LogP contribution in [-0.2, 0) is 5.41 Å². The molecule has 0 aliphatic rings. The summed E-state index contributed by atoms with van der Waals surface area (Å²) in [6.07, 6.45) is 1.50. The van der Waals surface area contributed by atoms with Crippen molar-refractivity contribution >= 4 is 11.6 Å². The van der Waals surface area contributed by atoms with E-state index in [0.29, 0.717) is 5.69 Å². The van der Waals surface area contributed by atoms with Gasteiger partial charge in [-0.3, -0.25) is 4.40 Å². The number of pyridine rings is 1. The molecule has 0 aliphatic heterocycles. The Bertz CT molecular complexity index is 596. The van der Waals surface area contributed by atoms with Gasteiger partial charge in [-0.05, 0) is 12.1 Å². The lowest BCUT2D eigenvalue weighted by molar-refractivity contribution is 0.0686. The van der Waals surface area contributed by atoms with E-state index in [4.69, 9.17) is 0 Å². The number of aromatic carboxylic acids is 1. The number of hydrogen-bond donors (Lipinski definition) is 1. The normalized spacial score (nSPS) is 12.0. The summed E-state index contributed by atoms with van der Waals surface area (Å²) in [5, 5.41) is 9.22. The third-order valence-corrected chi connectivity index (χ3v) is 2.52. The van der Waals surface area contributed by atoms with Crippen LogP contribution in [0.1, 0.15) is 37.0 Å². The number of hydrogen-bond acceptors (Lipinski definition) is 2. The smallest absolute Gasteiger partial charge is 0.354 e. The van der Waals surface area contributed by atoms with Gasteiger partial charge < -0.3 is 5.11 Å².